The van der Waals surface area contributed by atoms with Crippen LogP contribution in [0.1, 0.15) is 34.1 Å². The van der Waals surface area contributed by atoms with Crippen LogP contribution in [0.2, 0.25) is 0 Å². The Labute approximate surface area is 92.2 Å². The molecule has 1 fully saturated rings. The smallest absolute Gasteiger partial charge is 0.239 e. The van der Waals surface area contributed by atoms with Crippen molar-refractivity contribution >= 4 is 5.91 Å². The quantitative estimate of drug-likeness (QED) is 0.707. The number of hydrogen-bond donors (Lipinski definition) is 2. The predicted molar refractivity (Wildman–Crippen MR) is 61.5 cm³/mol. The Balaban J connectivity index is 2.73. The Kier molecular flexibility index (Phi) is 3.73. The highest BCUT2D eigenvalue weighted by atomic mass is 16.1. The lowest BCUT2D eigenvalue weighted by Gasteiger charge is -2.30. The highest BCUT2D eigenvalue weighted by molar-refractivity contribution is 5.85. The van der Waals surface area contributed by atoms with E-state index in [0.29, 0.717) is 6.04 Å². The van der Waals surface area contributed by atoms with E-state index >= 15 is 0 Å². The molecular formula is C11H23N3O. The minimum absolute atomic E-state index is 0.223. The van der Waals surface area contributed by atoms with E-state index in [-0.39, 0.29) is 11.9 Å². The fourth-order valence-electron chi connectivity index (χ4n) is 2.22. The molecule has 1 amide bonds. The molecule has 0 aromatic carbocycles. The molecule has 1 aliphatic rings. The summed E-state index contributed by atoms with van der Waals surface area (Å²) >= 11 is 0. The number of nitrogens with two attached hydrogens (primary N) is 1. The summed E-state index contributed by atoms with van der Waals surface area (Å²) in [5.41, 5.74) is 5.00. The number of hydrogen-bond acceptors (Lipinski definition) is 3. The second-order valence-corrected chi connectivity index (χ2v) is 5.06. The van der Waals surface area contributed by atoms with E-state index in [0.717, 1.165) is 19.5 Å². The molecule has 0 aliphatic carbocycles. The van der Waals surface area contributed by atoms with Crippen molar-refractivity contribution in [1.29, 1.82) is 0 Å². The summed E-state index contributed by atoms with van der Waals surface area (Å²) in [6, 6.07) is 0.754. The highest BCUT2D eigenvalue weighted by Gasteiger charge is 2.43. The molecule has 1 unspecified atom stereocenters. The molecule has 3 N–H and O–H groups in total. The monoisotopic (exact) mass is 213 g/mol. The van der Waals surface area contributed by atoms with Crippen molar-refractivity contribution in [3.8, 4) is 0 Å². The van der Waals surface area contributed by atoms with Crippen LogP contribution in [0.25, 0.3) is 0 Å². The molecule has 0 aromatic heterocycles. The largest absolute Gasteiger partial charge is 0.368 e. The van der Waals surface area contributed by atoms with Crippen LogP contribution in [-0.2, 0) is 4.79 Å². The molecule has 0 bridgehead atoms. The van der Waals surface area contributed by atoms with Crippen LogP contribution in [0.3, 0.4) is 0 Å². The minimum atomic E-state index is -0.515. The average molecular weight is 213 g/mol. The second-order valence-electron chi connectivity index (χ2n) is 5.06. The van der Waals surface area contributed by atoms with Gasteiger partial charge in [0.25, 0.3) is 0 Å². The van der Waals surface area contributed by atoms with Gasteiger partial charge in [0.15, 0.2) is 0 Å². The van der Waals surface area contributed by atoms with Crippen molar-refractivity contribution in [2.24, 2.45) is 5.73 Å². The molecule has 1 aliphatic heterocycles. The van der Waals surface area contributed by atoms with E-state index in [4.69, 9.17) is 5.73 Å². The Morgan fingerprint density at radius 1 is 1.40 bits per heavy atom. The van der Waals surface area contributed by atoms with E-state index in [1.54, 1.807) is 0 Å². The molecule has 0 aromatic rings. The first-order chi connectivity index (χ1) is 6.87. The first-order valence-electron chi connectivity index (χ1n) is 5.69. The molecule has 4 nitrogen and oxygen atoms in total. The standard InChI is InChI=1S/C11H23N3O/c1-8(2)13-11(10(12)15)5-6-14(7-11)9(3)4/h8-9,13H,5-7H2,1-4H3,(H2,12,15). The summed E-state index contributed by atoms with van der Waals surface area (Å²) in [5.74, 6) is -0.223. The van der Waals surface area contributed by atoms with E-state index in [1.807, 2.05) is 13.8 Å². The van der Waals surface area contributed by atoms with Gasteiger partial charge in [-0.05, 0) is 34.1 Å². The van der Waals surface area contributed by atoms with Gasteiger partial charge in [0.05, 0.1) is 0 Å². The van der Waals surface area contributed by atoms with Gasteiger partial charge in [-0.15, -0.1) is 0 Å². The predicted octanol–water partition coefficient (Wildman–Crippen LogP) is 0.323. The number of carbonyl (C=O) groups is 1. The molecule has 1 atom stereocenters. The number of nitrogens with one attached hydrogen (secondary N) is 1. The lowest BCUT2D eigenvalue weighted by Crippen LogP contribution is -2.59. The van der Waals surface area contributed by atoms with Crippen molar-refractivity contribution < 1.29 is 4.79 Å². The maximum Gasteiger partial charge on any atom is 0.239 e. The zero-order valence-corrected chi connectivity index (χ0v) is 10.2. The van der Waals surface area contributed by atoms with Gasteiger partial charge in [0.2, 0.25) is 5.91 Å². The topological polar surface area (TPSA) is 58.4 Å². The third kappa shape index (κ3) is 2.69. The molecule has 1 rings (SSSR count). The summed E-state index contributed by atoms with van der Waals surface area (Å²) in [5, 5.41) is 3.32. The first kappa shape index (κ1) is 12.5. The Hall–Kier alpha value is -0.610. The molecule has 88 valence electrons. The van der Waals surface area contributed by atoms with Crippen LogP contribution in [0.5, 0.6) is 0 Å². The normalized spacial score (nSPS) is 27.9. The number of likely N-dealkylation sites (tertiary alicyclic amines) is 1. The van der Waals surface area contributed by atoms with Crippen LogP contribution in [0, 0.1) is 0 Å². The fraction of sp³-hybridized carbons (Fsp3) is 0.909. The average Bonchev–Trinajstić information content (AvgIpc) is 2.48. The molecule has 1 heterocycles. The van der Waals surface area contributed by atoms with Gasteiger partial charge in [-0.1, -0.05) is 0 Å². The fourth-order valence-corrected chi connectivity index (χ4v) is 2.22. The van der Waals surface area contributed by atoms with Crippen LogP contribution in [0.15, 0.2) is 0 Å². The van der Waals surface area contributed by atoms with Crippen LogP contribution in [-0.4, -0.2) is 41.5 Å². The third-order valence-corrected chi connectivity index (χ3v) is 3.07. The highest BCUT2D eigenvalue weighted by Crippen LogP contribution is 2.23. The lowest BCUT2D eigenvalue weighted by molar-refractivity contribution is -0.124. The van der Waals surface area contributed by atoms with E-state index in [1.165, 1.54) is 0 Å². The maximum atomic E-state index is 11.6. The van der Waals surface area contributed by atoms with Crippen molar-refractivity contribution in [1.82, 2.24) is 10.2 Å². The minimum Gasteiger partial charge on any atom is -0.368 e. The van der Waals surface area contributed by atoms with E-state index in [9.17, 15) is 4.79 Å². The molecule has 1 saturated heterocycles. The molecule has 15 heavy (non-hydrogen) atoms. The van der Waals surface area contributed by atoms with Crippen LogP contribution in [0.4, 0.5) is 0 Å². The van der Waals surface area contributed by atoms with Crippen molar-refractivity contribution in [3.05, 3.63) is 0 Å². The van der Waals surface area contributed by atoms with Gasteiger partial charge in [0, 0.05) is 25.2 Å². The summed E-state index contributed by atoms with van der Waals surface area (Å²) in [4.78, 5) is 13.9. The summed E-state index contributed by atoms with van der Waals surface area (Å²) < 4.78 is 0. The van der Waals surface area contributed by atoms with Gasteiger partial charge in [-0.25, -0.2) is 0 Å². The Morgan fingerprint density at radius 2 is 2.00 bits per heavy atom. The van der Waals surface area contributed by atoms with Crippen LogP contribution < -0.4 is 11.1 Å². The molecule has 4 heteroatoms. The van der Waals surface area contributed by atoms with Gasteiger partial charge in [-0.2, -0.15) is 0 Å². The van der Waals surface area contributed by atoms with Crippen molar-refractivity contribution in [2.45, 2.75) is 51.7 Å². The lowest BCUT2D eigenvalue weighted by atomic mass is 9.96. The molecule has 0 saturated carbocycles. The zero-order chi connectivity index (χ0) is 11.6. The Bertz CT molecular complexity index is 240. The summed E-state index contributed by atoms with van der Waals surface area (Å²) in [6.45, 7) is 10.1. The summed E-state index contributed by atoms with van der Waals surface area (Å²) in [6.07, 6.45) is 0.818. The number of nitrogens with zero attached hydrogens (tertiary/aromatic N) is 1. The molecule has 0 spiro atoms. The SMILES string of the molecule is CC(C)NC1(C(N)=O)CCN(C(C)C)C1. The van der Waals surface area contributed by atoms with Gasteiger partial charge < -0.3 is 5.73 Å². The maximum absolute atomic E-state index is 11.6. The van der Waals surface area contributed by atoms with Gasteiger partial charge in [0.1, 0.15) is 5.54 Å². The van der Waals surface area contributed by atoms with Crippen molar-refractivity contribution in [3.63, 3.8) is 0 Å². The third-order valence-electron chi connectivity index (χ3n) is 3.07. The van der Waals surface area contributed by atoms with Gasteiger partial charge >= 0.3 is 0 Å². The molecular weight excluding hydrogens is 190 g/mol. The van der Waals surface area contributed by atoms with E-state index in [2.05, 4.69) is 24.1 Å². The second kappa shape index (κ2) is 4.49. The number of amides is 1. The first-order valence-corrected chi connectivity index (χ1v) is 5.69. The van der Waals surface area contributed by atoms with Crippen molar-refractivity contribution in [2.75, 3.05) is 13.1 Å². The molecule has 0 radical (unpaired) electrons. The van der Waals surface area contributed by atoms with Gasteiger partial charge in [-0.3, -0.25) is 15.0 Å². The number of carbonyl (C=O) groups excluding carboxylic acids is 1. The number of primary amides is 1. The van der Waals surface area contributed by atoms with Crippen LogP contribution >= 0.6 is 0 Å². The summed E-state index contributed by atoms with van der Waals surface area (Å²) in [7, 11) is 0. The number of rotatable bonds is 4. The van der Waals surface area contributed by atoms with E-state index < -0.39 is 5.54 Å². The Morgan fingerprint density at radius 3 is 2.33 bits per heavy atom. The zero-order valence-electron chi connectivity index (χ0n) is 10.2.